The highest BCUT2D eigenvalue weighted by Gasteiger charge is 2.39. The molecule has 5 heteroatoms. The summed E-state index contributed by atoms with van der Waals surface area (Å²) in [5.74, 6) is -0.845. The number of hydrogen-bond donors (Lipinski definition) is 2. The van der Waals surface area contributed by atoms with Crippen LogP contribution in [0.5, 0.6) is 0 Å². The maximum absolute atomic E-state index is 12.0. The lowest BCUT2D eigenvalue weighted by molar-refractivity contribution is -0.146. The molecule has 0 amide bonds. The van der Waals surface area contributed by atoms with Crippen LogP contribution >= 0.6 is 0 Å². The Balaban J connectivity index is 2.28. The molecular formula is C16H21N3O2. The van der Waals surface area contributed by atoms with Gasteiger partial charge in [-0.15, -0.1) is 0 Å². The summed E-state index contributed by atoms with van der Waals surface area (Å²) in [7, 11) is 0. The van der Waals surface area contributed by atoms with Crippen molar-refractivity contribution in [2.45, 2.75) is 31.8 Å². The molecular weight excluding hydrogens is 266 g/mol. The monoisotopic (exact) mass is 287 g/mol. The third-order valence-electron chi connectivity index (χ3n) is 3.61. The zero-order valence-corrected chi connectivity index (χ0v) is 12.2. The van der Waals surface area contributed by atoms with Gasteiger partial charge in [0, 0.05) is 18.9 Å². The molecule has 1 unspecified atom stereocenters. The number of aryl methyl sites for hydroxylation is 1. The Labute approximate surface area is 124 Å². The Morgan fingerprint density at radius 3 is 2.71 bits per heavy atom. The zero-order valence-electron chi connectivity index (χ0n) is 12.2. The summed E-state index contributed by atoms with van der Waals surface area (Å²) < 4.78 is 1.90. The topological polar surface area (TPSA) is 67.2 Å². The van der Waals surface area contributed by atoms with E-state index in [1.165, 1.54) is 0 Å². The van der Waals surface area contributed by atoms with Crippen molar-refractivity contribution < 1.29 is 9.90 Å². The molecule has 0 bridgehead atoms. The summed E-state index contributed by atoms with van der Waals surface area (Å²) in [4.78, 5) is 16.0. The molecule has 0 aliphatic carbocycles. The molecule has 5 nitrogen and oxygen atoms in total. The second-order valence-corrected chi connectivity index (χ2v) is 5.05. The number of carbonyl (C=O) groups is 1. The van der Waals surface area contributed by atoms with Gasteiger partial charge in [0.25, 0.3) is 0 Å². The molecule has 0 fully saturated rings. The molecule has 1 aromatic heterocycles. The molecule has 21 heavy (non-hydrogen) atoms. The van der Waals surface area contributed by atoms with Crippen LogP contribution in [0.3, 0.4) is 0 Å². The van der Waals surface area contributed by atoms with Gasteiger partial charge in [0.05, 0.1) is 6.33 Å². The van der Waals surface area contributed by atoms with E-state index in [2.05, 4.69) is 10.3 Å². The van der Waals surface area contributed by atoms with E-state index in [1.807, 2.05) is 48.0 Å². The minimum absolute atomic E-state index is 0.461. The molecule has 2 rings (SSSR count). The van der Waals surface area contributed by atoms with Crippen molar-refractivity contribution in [1.29, 1.82) is 0 Å². The maximum atomic E-state index is 12.0. The van der Waals surface area contributed by atoms with Gasteiger partial charge in [-0.25, -0.2) is 9.78 Å². The van der Waals surface area contributed by atoms with E-state index in [1.54, 1.807) is 12.5 Å². The van der Waals surface area contributed by atoms with Crippen LogP contribution in [0, 0.1) is 0 Å². The summed E-state index contributed by atoms with van der Waals surface area (Å²) in [6.45, 7) is 3.28. The molecule has 0 radical (unpaired) electrons. The van der Waals surface area contributed by atoms with Gasteiger partial charge in [-0.2, -0.15) is 0 Å². The standard InChI is InChI=1S/C16H21N3O2/c1-2-9-18-16(15(20)21,14-6-4-3-5-7-14)8-11-19-12-10-17-13-19/h3-7,10,12-13,18H,2,8-9,11H2,1H3,(H,20,21). The third-order valence-corrected chi connectivity index (χ3v) is 3.61. The first-order valence-electron chi connectivity index (χ1n) is 7.18. The smallest absolute Gasteiger partial charge is 0.328 e. The quantitative estimate of drug-likeness (QED) is 0.781. The number of imidazole rings is 1. The molecule has 0 aliphatic heterocycles. The average Bonchev–Trinajstić information content (AvgIpc) is 3.02. The minimum Gasteiger partial charge on any atom is -0.480 e. The van der Waals surface area contributed by atoms with Crippen LogP contribution in [-0.4, -0.2) is 27.2 Å². The number of carboxylic acids is 1. The fourth-order valence-corrected chi connectivity index (χ4v) is 2.42. The van der Waals surface area contributed by atoms with Crippen molar-refractivity contribution in [3.05, 3.63) is 54.6 Å². The molecule has 112 valence electrons. The summed E-state index contributed by atoms with van der Waals surface area (Å²) in [6.07, 6.45) is 6.59. The van der Waals surface area contributed by atoms with Crippen LogP contribution in [0.4, 0.5) is 0 Å². The average molecular weight is 287 g/mol. The molecule has 1 atom stereocenters. The Bertz CT molecular complexity index is 554. The molecule has 0 spiro atoms. The van der Waals surface area contributed by atoms with Gasteiger partial charge in [-0.1, -0.05) is 37.3 Å². The number of aliphatic carboxylic acids is 1. The fraction of sp³-hybridized carbons (Fsp3) is 0.375. The zero-order chi connectivity index (χ0) is 15.1. The summed E-state index contributed by atoms with van der Waals surface area (Å²) >= 11 is 0. The highest BCUT2D eigenvalue weighted by atomic mass is 16.4. The largest absolute Gasteiger partial charge is 0.480 e. The Hall–Kier alpha value is -2.14. The molecule has 2 aromatic rings. The van der Waals surface area contributed by atoms with E-state index in [0.29, 0.717) is 19.5 Å². The third kappa shape index (κ3) is 3.49. The molecule has 1 heterocycles. The van der Waals surface area contributed by atoms with Crippen LogP contribution in [0.1, 0.15) is 25.3 Å². The second-order valence-electron chi connectivity index (χ2n) is 5.05. The van der Waals surface area contributed by atoms with Gasteiger partial charge in [-0.05, 0) is 24.9 Å². The minimum atomic E-state index is -1.07. The predicted molar refractivity (Wildman–Crippen MR) is 80.9 cm³/mol. The number of benzene rings is 1. The first kappa shape index (κ1) is 15.3. The van der Waals surface area contributed by atoms with Crippen molar-refractivity contribution in [2.24, 2.45) is 0 Å². The highest BCUT2D eigenvalue weighted by Crippen LogP contribution is 2.26. The summed E-state index contributed by atoms with van der Waals surface area (Å²) in [5.41, 5.74) is -0.285. The van der Waals surface area contributed by atoms with Gasteiger partial charge in [0.1, 0.15) is 5.54 Å². The van der Waals surface area contributed by atoms with Gasteiger partial charge in [0.2, 0.25) is 0 Å². The maximum Gasteiger partial charge on any atom is 0.328 e. The molecule has 0 saturated heterocycles. The lowest BCUT2D eigenvalue weighted by Crippen LogP contribution is -2.50. The highest BCUT2D eigenvalue weighted by molar-refractivity contribution is 5.80. The van der Waals surface area contributed by atoms with Crippen molar-refractivity contribution in [3.8, 4) is 0 Å². The first-order valence-corrected chi connectivity index (χ1v) is 7.18. The summed E-state index contributed by atoms with van der Waals surface area (Å²) in [5, 5.41) is 13.1. The van der Waals surface area contributed by atoms with Gasteiger partial charge >= 0.3 is 5.97 Å². The van der Waals surface area contributed by atoms with Crippen molar-refractivity contribution >= 4 is 5.97 Å². The van der Waals surface area contributed by atoms with E-state index in [-0.39, 0.29) is 0 Å². The van der Waals surface area contributed by atoms with E-state index in [4.69, 9.17) is 0 Å². The number of rotatable bonds is 8. The Morgan fingerprint density at radius 2 is 2.14 bits per heavy atom. The number of nitrogens with zero attached hydrogens (tertiary/aromatic N) is 2. The van der Waals surface area contributed by atoms with Crippen LogP contribution in [0.2, 0.25) is 0 Å². The first-order chi connectivity index (χ1) is 10.2. The van der Waals surface area contributed by atoms with Crippen LogP contribution in [0.15, 0.2) is 49.1 Å². The second kappa shape index (κ2) is 7.04. The SMILES string of the molecule is CCCNC(CCn1ccnc1)(C(=O)O)c1ccccc1. The lowest BCUT2D eigenvalue weighted by Gasteiger charge is -2.31. The van der Waals surface area contributed by atoms with E-state index in [0.717, 1.165) is 12.0 Å². The molecule has 2 N–H and O–H groups in total. The number of hydrogen-bond acceptors (Lipinski definition) is 3. The van der Waals surface area contributed by atoms with Crippen LogP contribution in [-0.2, 0) is 16.9 Å². The summed E-state index contributed by atoms with van der Waals surface area (Å²) in [6, 6.07) is 9.37. The van der Waals surface area contributed by atoms with Crippen molar-refractivity contribution in [3.63, 3.8) is 0 Å². The van der Waals surface area contributed by atoms with E-state index >= 15 is 0 Å². The number of aromatic nitrogens is 2. The van der Waals surface area contributed by atoms with Gasteiger partial charge in [-0.3, -0.25) is 5.32 Å². The predicted octanol–water partition coefficient (Wildman–Crippen LogP) is 2.25. The van der Waals surface area contributed by atoms with Crippen LogP contribution in [0.25, 0.3) is 0 Å². The van der Waals surface area contributed by atoms with Crippen molar-refractivity contribution in [2.75, 3.05) is 6.54 Å². The van der Waals surface area contributed by atoms with Crippen LogP contribution < -0.4 is 5.32 Å². The fourth-order valence-electron chi connectivity index (χ4n) is 2.42. The van der Waals surface area contributed by atoms with E-state index < -0.39 is 11.5 Å². The molecule has 1 aromatic carbocycles. The van der Waals surface area contributed by atoms with E-state index in [9.17, 15) is 9.90 Å². The number of carboxylic acid groups (broad SMARTS) is 1. The van der Waals surface area contributed by atoms with Gasteiger partial charge < -0.3 is 9.67 Å². The Kier molecular flexibility index (Phi) is 5.11. The normalized spacial score (nSPS) is 13.8. The molecule has 0 aliphatic rings. The molecule has 0 saturated carbocycles. The van der Waals surface area contributed by atoms with Crippen molar-refractivity contribution in [1.82, 2.24) is 14.9 Å². The Morgan fingerprint density at radius 1 is 1.38 bits per heavy atom. The number of nitrogens with one attached hydrogen (secondary N) is 1. The lowest BCUT2D eigenvalue weighted by atomic mass is 9.86. The van der Waals surface area contributed by atoms with Gasteiger partial charge in [0.15, 0.2) is 0 Å².